The molecule has 0 bridgehead atoms. The molecule has 0 spiro atoms. The molecule has 0 aliphatic heterocycles. The Morgan fingerprint density at radius 2 is 1.76 bits per heavy atom. The lowest BCUT2D eigenvalue weighted by atomic mass is 9.87. The molecule has 0 radical (unpaired) electrons. The summed E-state index contributed by atoms with van der Waals surface area (Å²) in [4.78, 5) is 0. The third-order valence-electron chi connectivity index (χ3n) is 4.63. The molecule has 0 fully saturated rings. The van der Waals surface area contributed by atoms with Crippen molar-refractivity contribution in [3.8, 4) is 0 Å². The normalized spacial score (nSPS) is 20.2. The molecule has 1 nitrogen and oxygen atoms in total. The Balaban J connectivity index is 2.32. The van der Waals surface area contributed by atoms with Crippen LogP contribution in [0.1, 0.15) is 74.6 Å². The second-order valence-electron chi connectivity index (χ2n) is 6.42. The van der Waals surface area contributed by atoms with Crippen LogP contribution in [0.2, 0.25) is 0 Å². The lowest BCUT2D eigenvalue weighted by Gasteiger charge is -2.27. The molecule has 0 amide bonds. The lowest BCUT2D eigenvalue weighted by molar-refractivity contribution is 0.538. The molecule has 0 saturated heterocycles. The second kappa shape index (κ2) is 8.38. The summed E-state index contributed by atoms with van der Waals surface area (Å²) in [5.74, 6) is 0. The van der Waals surface area contributed by atoms with Crippen molar-refractivity contribution in [3.05, 3.63) is 46.5 Å². The van der Waals surface area contributed by atoms with E-state index in [1.54, 1.807) is 5.57 Å². The molecule has 1 heteroatoms. The first-order chi connectivity index (χ1) is 10.2. The van der Waals surface area contributed by atoms with E-state index in [9.17, 15) is 0 Å². The average Bonchev–Trinajstić information content (AvgIpc) is 2.42. The van der Waals surface area contributed by atoms with E-state index in [0.717, 1.165) is 6.54 Å². The molecule has 1 atom stereocenters. The zero-order valence-electron chi connectivity index (χ0n) is 14.0. The minimum absolute atomic E-state index is 0.421. The Hall–Kier alpha value is -1.08. The van der Waals surface area contributed by atoms with Crippen LogP contribution in [0, 0.1) is 13.8 Å². The van der Waals surface area contributed by atoms with Crippen LogP contribution in [0.4, 0.5) is 0 Å². The van der Waals surface area contributed by atoms with Crippen molar-refractivity contribution in [2.45, 2.75) is 71.8 Å². The van der Waals surface area contributed by atoms with Crippen LogP contribution in [-0.2, 0) is 0 Å². The van der Waals surface area contributed by atoms with Gasteiger partial charge < -0.3 is 5.32 Å². The summed E-state index contributed by atoms with van der Waals surface area (Å²) in [5.41, 5.74) is 5.98. The smallest absolute Gasteiger partial charge is 0.0541 e. The van der Waals surface area contributed by atoms with Crippen LogP contribution in [0.15, 0.2) is 29.8 Å². The van der Waals surface area contributed by atoms with E-state index < -0.39 is 0 Å². The number of nitrogens with one attached hydrogen (secondary N) is 1. The lowest BCUT2D eigenvalue weighted by Crippen LogP contribution is -2.26. The van der Waals surface area contributed by atoms with Crippen LogP contribution in [0.5, 0.6) is 0 Å². The van der Waals surface area contributed by atoms with Crippen molar-refractivity contribution >= 4 is 0 Å². The fraction of sp³-hybridized carbons (Fsp3) is 0.600. The van der Waals surface area contributed by atoms with Crippen LogP contribution >= 0.6 is 0 Å². The Labute approximate surface area is 130 Å². The maximum absolute atomic E-state index is 3.82. The Kier molecular flexibility index (Phi) is 6.50. The van der Waals surface area contributed by atoms with Crippen LogP contribution < -0.4 is 5.32 Å². The number of aryl methyl sites for hydroxylation is 2. The van der Waals surface area contributed by atoms with Crippen LogP contribution in [0.25, 0.3) is 0 Å². The number of hydrogen-bond donors (Lipinski definition) is 1. The molecule has 0 heterocycles. The molecule has 0 aromatic heterocycles. The second-order valence-corrected chi connectivity index (χ2v) is 6.42. The van der Waals surface area contributed by atoms with Crippen LogP contribution in [0.3, 0.4) is 0 Å². The number of rotatable bonds is 5. The third-order valence-corrected chi connectivity index (χ3v) is 4.63. The van der Waals surface area contributed by atoms with Gasteiger partial charge in [0.05, 0.1) is 6.04 Å². The molecule has 1 N–H and O–H groups in total. The molecule has 2 rings (SSSR count). The van der Waals surface area contributed by atoms with Crippen molar-refractivity contribution < 1.29 is 0 Å². The van der Waals surface area contributed by atoms with Gasteiger partial charge in [-0.1, -0.05) is 49.6 Å². The first kappa shape index (κ1) is 16.3. The SMILES string of the molecule is CCCNC(/C1=C/CCCCCC1)c1c(C)cccc1C. The van der Waals surface area contributed by atoms with Gasteiger partial charge in [0, 0.05) is 0 Å². The van der Waals surface area contributed by atoms with E-state index in [4.69, 9.17) is 0 Å². The van der Waals surface area contributed by atoms with E-state index in [1.165, 1.54) is 61.6 Å². The summed E-state index contributed by atoms with van der Waals surface area (Å²) in [5, 5.41) is 3.82. The van der Waals surface area contributed by atoms with E-state index in [-0.39, 0.29) is 0 Å². The van der Waals surface area contributed by atoms with Crippen molar-refractivity contribution in [2.75, 3.05) is 6.54 Å². The summed E-state index contributed by atoms with van der Waals surface area (Å²) in [6.07, 6.45) is 11.7. The summed E-state index contributed by atoms with van der Waals surface area (Å²) in [7, 11) is 0. The van der Waals surface area contributed by atoms with Gasteiger partial charge in [0.1, 0.15) is 0 Å². The van der Waals surface area contributed by atoms with Crippen molar-refractivity contribution in [2.24, 2.45) is 0 Å². The van der Waals surface area contributed by atoms with Crippen molar-refractivity contribution in [1.82, 2.24) is 5.32 Å². The van der Waals surface area contributed by atoms with Gasteiger partial charge in [-0.25, -0.2) is 0 Å². The molecular weight excluding hydrogens is 254 g/mol. The average molecular weight is 285 g/mol. The molecule has 1 aliphatic rings. The summed E-state index contributed by atoms with van der Waals surface area (Å²) < 4.78 is 0. The highest BCUT2D eigenvalue weighted by atomic mass is 14.9. The van der Waals surface area contributed by atoms with Gasteiger partial charge in [-0.2, -0.15) is 0 Å². The van der Waals surface area contributed by atoms with Gasteiger partial charge in [-0.3, -0.25) is 0 Å². The highest BCUT2D eigenvalue weighted by molar-refractivity contribution is 5.40. The Bertz CT molecular complexity index is 452. The number of benzene rings is 1. The van der Waals surface area contributed by atoms with Gasteiger partial charge in [-0.15, -0.1) is 0 Å². The molecule has 1 aromatic rings. The Morgan fingerprint density at radius 3 is 2.48 bits per heavy atom. The van der Waals surface area contributed by atoms with Gasteiger partial charge in [0.25, 0.3) is 0 Å². The molecular formula is C20H31N. The third kappa shape index (κ3) is 4.44. The molecule has 1 aliphatic carbocycles. The highest BCUT2D eigenvalue weighted by Crippen LogP contribution is 2.32. The predicted octanol–water partition coefficient (Wildman–Crippen LogP) is 5.62. The standard InChI is InChI=1S/C20H31N/c1-4-15-21-20(18-13-8-6-5-7-9-14-18)19-16(2)11-10-12-17(19)3/h10-13,20-21H,4-9,14-15H2,1-3H3/b18-13+. The fourth-order valence-corrected chi connectivity index (χ4v) is 3.47. The van der Waals surface area contributed by atoms with E-state index in [2.05, 4.69) is 50.4 Å². The van der Waals surface area contributed by atoms with E-state index >= 15 is 0 Å². The van der Waals surface area contributed by atoms with Crippen molar-refractivity contribution in [3.63, 3.8) is 0 Å². The number of allylic oxidation sites excluding steroid dienone is 1. The molecule has 0 saturated carbocycles. The van der Waals surface area contributed by atoms with Gasteiger partial charge in [0.2, 0.25) is 0 Å². The van der Waals surface area contributed by atoms with Crippen molar-refractivity contribution in [1.29, 1.82) is 0 Å². The first-order valence-electron chi connectivity index (χ1n) is 8.72. The quantitative estimate of drug-likeness (QED) is 0.692. The summed E-state index contributed by atoms with van der Waals surface area (Å²) in [6.45, 7) is 7.86. The Morgan fingerprint density at radius 1 is 1.05 bits per heavy atom. The van der Waals surface area contributed by atoms with E-state index in [1.807, 2.05) is 0 Å². The van der Waals surface area contributed by atoms with Gasteiger partial charge in [-0.05, 0) is 69.2 Å². The van der Waals surface area contributed by atoms with E-state index in [0.29, 0.717) is 6.04 Å². The zero-order valence-corrected chi connectivity index (χ0v) is 14.0. The fourth-order valence-electron chi connectivity index (χ4n) is 3.47. The topological polar surface area (TPSA) is 12.0 Å². The largest absolute Gasteiger partial charge is 0.307 e. The predicted molar refractivity (Wildman–Crippen MR) is 92.7 cm³/mol. The van der Waals surface area contributed by atoms with Gasteiger partial charge >= 0.3 is 0 Å². The zero-order chi connectivity index (χ0) is 15.1. The molecule has 116 valence electrons. The molecule has 1 aromatic carbocycles. The molecule has 1 unspecified atom stereocenters. The monoisotopic (exact) mass is 285 g/mol. The first-order valence-corrected chi connectivity index (χ1v) is 8.72. The summed E-state index contributed by atoms with van der Waals surface area (Å²) in [6, 6.07) is 7.11. The number of hydrogen-bond acceptors (Lipinski definition) is 1. The summed E-state index contributed by atoms with van der Waals surface area (Å²) >= 11 is 0. The minimum atomic E-state index is 0.421. The highest BCUT2D eigenvalue weighted by Gasteiger charge is 2.19. The minimum Gasteiger partial charge on any atom is -0.307 e. The maximum atomic E-state index is 3.82. The molecule has 21 heavy (non-hydrogen) atoms. The van der Waals surface area contributed by atoms with Gasteiger partial charge in [0.15, 0.2) is 0 Å². The maximum Gasteiger partial charge on any atom is 0.0541 e. The van der Waals surface area contributed by atoms with Crippen LogP contribution in [-0.4, -0.2) is 6.54 Å².